The summed E-state index contributed by atoms with van der Waals surface area (Å²) in [5, 5.41) is 0. The molecule has 0 spiro atoms. The standard InChI is InChI=1S/C34H24BBr7/c35-23-1-19(2-24(36)9-23)31-13-32(20-3-25(37)10-26(38)4-20)16-33(14-31,21-5-27(39)11-28(40)6-21)18-34(15-31,17-32)22-7-29(41)12-30(42)8-22/h1-12H,13-18H2. The summed E-state index contributed by atoms with van der Waals surface area (Å²) in [6.45, 7) is 0. The van der Waals surface area contributed by atoms with Gasteiger partial charge in [0.15, 0.2) is 0 Å². The second-order valence-electron chi connectivity index (χ2n) is 12.9. The Balaban J connectivity index is 1.57. The SMILES string of the molecule is [B]c1cc(Br)cc(C23CC4(c5cc(Br)cc(Br)c5)CC(c5cc(Br)cc(Br)c5)(C2)CC(c2cc(Br)cc(Br)c2)(C3)C4)c1. The predicted octanol–water partition coefficient (Wildman–Crippen LogP) is 12.3. The summed E-state index contributed by atoms with van der Waals surface area (Å²) >= 11 is 26.9. The zero-order valence-corrected chi connectivity index (χ0v) is 33.5. The minimum absolute atomic E-state index is 0.0400. The maximum absolute atomic E-state index is 6.56. The maximum Gasteiger partial charge on any atom is 0.113 e. The van der Waals surface area contributed by atoms with Crippen molar-refractivity contribution in [2.75, 3.05) is 0 Å². The third-order valence-corrected chi connectivity index (χ3v) is 13.2. The Bertz CT molecular complexity index is 1390. The van der Waals surface area contributed by atoms with Crippen molar-refractivity contribution in [1.82, 2.24) is 0 Å². The van der Waals surface area contributed by atoms with Gasteiger partial charge in [-0.3, -0.25) is 0 Å². The summed E-state index contributed by atoms with van der Waals surface area (Å²) in [7, 11) is 6.56. The van der Waals surface area contributed by atoms with Crippen molar-refractivity contribution in [3.63, 3.8) is 0 Å². The van der Waals surface area contributed by atoms with Gasteiger partial charge in [-0.2, -0.15) is 0 Å². The fraction of sp³-hybridized carbons (Fsp3) is 0.294. The van der Waals surface area contributed by atoms with Crippen molar-refractivity contribution < 1.29 is 0 Å². The summed E-state index contributed by atoms with van der Waals surface area (Å²) in [5.74, 6) is 0. The van der Waals surface area contributed by atoms with E-state index in [4.69, 9.17) is 7.85 Å². The van der Waals surface area contributed by atoms with Gasteiger partial charge in [0.05, 0.1) is 0 Å². The highest BCUT2D eigenvalue weighted by Gasteiger charge is 2.69. The maximum atomic E-state index is 6.56. The first-order valence-electron chi connectivity index (χ1n) is 13.8. The zero-order valence-electron chi connectivity index (χ0n) is 22.4. The number of rotatable bonds is 4. The molecule has 4 aromatic carbocycles. The molecule has 0 nitrogen and oxygen atoms in total. The molecule has 0 atom stereocenters. The van der Waals surface area contributed by atoms with Crippen LogP contribution in [0.25, 0.3) is 0 Å². The Kier molecular flexibility index (Phi) is 8.06. The monoisotopic (exact) mass is 996 g/mol. The van der Waals surface area contributed by atoms with Gasteiger partial charge in [-0.15, -0.1) is 0 Å². The lowest BCUT2D eigenvalue weighted by Gasteiger charge is -2.71. The van der Waals surface area contributed by atoms with Gasteiger partial charge in [0.25, 0.3) is 0 Å². The highest BCUT2D eigenvalue weighted by Crippen LogP contribution is 2.75. The lowest BCUT2D eigenvalue weighted by atomic mass is 9.32. The van der Waals surface area contributed by atoms with Crippen molar-refractivity contribution in [2.45, 2.75) is 60.2 Å². The average Bonchev–Trinajstić information content (AvgIpc) is 2.86. The van der Waals surface area contributed by atoms with Gasteiger partial charge >= 0.3 is 0 Å². The van der Waals surface area contributed by atoms with Crippen LogP contribution in [-0.4, -0.2) is 7.85 Å². The Morgan fingerprint density at radius 2 is 0.548 bits per heavy atom. The predicted molar refractivity (Wildman–Crippen MR) is 199 cm³/mol. The summed E-state index contributed by atoms with van der Waals surface area (Å²) in [4.78, 5) is 0. The second kappa shape index (κ2) is 10.9. The molecule has 8 rings (SSSR count). The number of hydrogen-bond acceptors (Lipinski definition) is 0. The van der Waals surface area contributed by atoms with Crippen LogP contribution in [0.5, 0.6) is 0 Å². The van der Waals surface area contributed by atoms with Gasteiger partial charge in [0.1, 0.15) is 7.85 Å². The summed E-state index contributed by atoms with van der Waals surface area (Å²) in [6.07, 6.45) is 6.59. The molecule has 0 aliphatic heterocycles. The zero-order chi connectivity index (χ0) is 29.7. The molecule has 0 N–H and O–H groups in total. The van der Waals surface area contributed by atoms with Gasteiger partial charge in [0, 0.05) is 31.3 Å². The van der Waals surface area contributed by atoms with Gasteiger partial charge < -0.3 is 0 Å². The molecule has 0 aromatic heterocycles. The van der Waals surface area contributed by atoms with Crippen molar-refractivity contribution in [2.24, 2.45) is 0 Å². The van der Waals surface area contributed by atoms with Crippen molar-refractivity contribution in [3.05, 3.63) is 126 Å². The summed E-state index contributed by atoms with van der Waals surface area (Å²) < 4.78 is 7.72. The molecule has 0 unspecified atom stereocenters. The molecule has 2 radical (unpaired) electrons. The third kappa shape index (κ3) is 5.31. The average molecular weight is 1000 g/mol. The van der Waals surface area contributed by atoms with Gasteiger partial charge in [0.2, 0.25) is 0 Å². The summed E-state index contributed by atoms with van der Waals surface area (Å²) in [6, 6.07) is 27.3. The van der Waals surface area contributed by atoms with E-state index in [2.05, 4.69) is 178 Å². The van der Waals surface area contributed by atoms with E-state index in [1.807, 2.05) is 6.07 Å². The molecule has 4 bridgehead atoms. The first-order chi connectivity index (χ1) is 19.8. The van der Waals surface area contributed by atoms with E-state index in [0.717, 1.165) is 75.3 Å². The molecular weight excluding hydrogens is 979 g/mol. The Morgan fingerprint density at radius 1 is 0.333 bits per heavy atom. The van der Waals surface area contributed by atoms with E-state index in [-0.39, 0.29) is 21.7 Å². The third-order valence-electron chi connectivity index (χ3n) is 10.0. The normalized spacial score (nSPS) is 29.7. The van der Waals surface area contributed by atoms with Crippen LogP contribution >= 0.6 is 112 Å². The van der Waals surface area contributed by atoms with Gasteiger partial charge in [-0.1, -0.05) is 129 Å². The first kappa shape index (κ1) is 30.9. The largest absolute Gasteiger partial charge is 0.113 e. The Labute approximate surface area is 307 Å². The van der Waals surface area contributed by atoms with Crippen molar-refractivity contribution in [3.8, 4) is 0 Å². The molecule has 4 aliphatic carbocycles. The molecule has 4 aromatic rings. The van der Waals surface area contributed by atoms with Crippen LogP contribution in [0.3, 0.4) is 0 Å². The quantitative estimate of drug-likeness (QED) is 0.179. The number of benzene rings is 4. The molecule has 0 heterocycles. The molecule has 212 valence electrons. The van der Waals surface area contributed by atoms with Gasteiger partial charge in [-0.25, -0.2) is 0 Å². The molecule has 4 saturated carbocycles. The highest BCUT2D eigenvalue weighted by molar-refractivity contribution is 9.12. The lowest BCUT2D eigenvalue weighted by Crippen LogP contribution is -2.67. The van der Waals surface area contributed by atoms with Crippen LogP contribution < -0.4 is 5.46 Å². The van der Waals surface area contributed by atoms with Crippen LogP contribution in [-0.2, 0) is 21.7 Å². The molecule has 8 heteroatoms. The fourth-order valence-corrected chi connectivity index (χ4v) is 13.8. The molecule has 0 amide bonds. The van der Waals surface area contributed by atoms with Crippen LogP contribution in [0.15, 0.2) is 104 Å². The van der Waals surface area contributed by atoms with Crippen molar-refractivity contribution >= 4 is 125 Å². The van der Waals surface area contributed by atoms with E-state index in [9.17, 15) is 0 Å². The molecule has 0 saturated heterocycles. The molecule has 4 fully saturated rings. The van der Waals surface area contributed by atoms with Crippen LogP contribution in [0.4, 0.5) is 0 Å². The van der Waals surface area contributed by atoms with E-state index in [1.165, 1.54) is 22.3 Å². The van der Waals surface area contributed by atoms with Crippen LogP contribution in [0, 0.1) is 0 Å². The first-order valence-corrected chi connectivity index (χ1v) is 19.3. The molecule has 4 aliphatic rings. The summed E-state index contributed by atoms with van der Waals surface area (Å²) in [5.41, 5.74) is 6.21. The van der Waals surface area contributed by atoms with Crippen LogP contribution in [0.1, 0.15) is 60.8 Å². The topological polar surface area (TPSA) is 0 Å². The second-order valence-corrected chi connectivity index (χ2v) is 19.3. The minimum atomic E-state index is -0.0645. The Hall–Kier alpha value is 0.305. The van der Waals surface area contributed by atoms with Crippen molar-refractivity contribution in [1.29, 1.82) is 0 Å². The number of hydrogen-bond donors (Lipinski definition) is 0. The van der Waals surface area contributed by atoms with Gasteiger partial charge in [-0.05, 0) is 143 Å². The van der Waals surface area contributed by atoms with Crippen LogP contribution in [0.2, 0.25) is 0 Å². The van der Waals surface area contributed by atoms with E-state index >= 15 is 0 Å². The Morgan fingerprint density at radius 3 is 0.786 bits per heavy atom. The number of halogens is 7. The highest BCUT2D eigenvalue weighted by atomic mass is 79.9. The van der Waals surface area contributed by atoms with E-state index in [1.54, 1.807) is 0 Å². The lowest BCUT2D eigenvalue weighted by molar-refractivity contribution is -0.0692. The smallest absolute Gasteiger partial charge is 0.0953 e. The fourth-order valence-electron chi connectivity index (χ4n) is 9.36. The minimum Gasteiger partial charge on any atom is -0.0953 e. The van der Waals surface area contributed by atoms with E-state index in [0.29, 0.717) is 0 Å². The molecular formula is C34H24BBr7. The van der Waals surface area contributed by atoms with E-state index < -0.39 is 0 Å². The molecule has 42 heavy (non-hydrogen) atoms.